The minimum absolute atomic E-state index is 0.412. The molecule has 1 atom stereocenters. The number of aromatic nitrogens is 2. The molecule has 2 N–H and O–H groups in total. The van der Waals surface area contributed by atoms with Crippen LogP contribution in [0.5, 0.6) is 11.5 Å². The zero-order chi connectivity index (χ0) is 13.8. The van der Waals surface area contributed by atoms with Crippen LogP contribution in [0.25, 0.3) is 0 Å². The highest BCUT2D eigenvalue weighted by molar-refractivity contribution is 5.41. The molecule has 0 bridgehead atoms. The molecule has 0 aliphatic carbocycles. The van der Waals surface area contributed by atoms with E-state index in [-0.39, 0.29) is 0 Å². The molecule has 0 aliphatic heterocycles. The van der Waals surface area contributed by atoms with Gasteiger partial charge in [-0.05, 0) is 30.2 Å². The first-order valence-electron chi connectivity index (χ1n) is 5.91. The number of hydrogen-bond donors (Lipinski definition) is 1. The number of rotatable bonds is 4. The standard InChI is InChI=1S/C14H17N3O2/c1-9-7-16-14(17-8-9)13(15)10-4-11(18-2)6-12(5-10)19-3/h4-8,13H,15H2,1-3H3. The van der Waals surface area contributed by atoms with Crippen LogP contribution in [0.2, 0.25) is 0 Å². The first-order chi connectivity index (χ1) is 9.13. The maximum Gasteiger partial charge on any atom is 0.149 e. The number of methoxy groups -OCH3 is 2. The second-order valence-corrected chi connectivity index (χ2v) is 4.24. The molecule has 0 fully saturated rings. The lowest BCUT2D eigenvalue weighted by atomic mass is 10.1. The molecule has 0 saturated carbocycles. The number of nitrogens with zero attached hydrogens (tertiary/aromatic N) is 2. The topological polar surface area (TPSA) is 70.3 Å². The Bertz CT molecular complexity index is 533. The van der Waals surface area contributed by atoms with Gasteiger partial charge in [-0.2, -0.15) is 0 Å². The summed E-state index contributed by atoms with van der Waals surface area (Å²) in [5.41, 5.74) is 8.02. The van der Waals surface area contributed by atoms with E-state index in [1.54, 1.807) is 32.7 Å². The van der Waals surface area contributed by atoms with Gasteiger partial charge in [0.2, 0.25) is 0 Å². The Kier molecular flexibility index (Phi) is 3.97. The lowest BCUT2D eigenvalue weighted by Gasteiger charge is -2.13. The van der Waals surface area contributed by atoms with Crippen LogP contribution in [-0.4, -0.2) is 24.2 Å². The fourth-order valence-electron chi connectivity index (χ4n) is 1.72. The normalized spacial score (nSPS) is 12.0. The molecule has 19 heavy (non-hydrogen) atoms. The Labute approximate surface area is 112 Å². The van der Waals surface area contributed by atoms with Crippen molar-refractivity contribution in [3.8, 4) is 11.5 Å². The molecule has 5 heteroatoms. The summed E-state index contributed by atoms with van der Waals surface area (Å²) in [5, 5.41) is 0. The Morgan fingerprint density at radius 3 is 2.00 bits per heavy atom. The number of aryl methyl sites for hydroxylation is 1. The molecule has 1 aromatic heterocycles. The SMILES string of the molecule is COc1cc(OC)cc(C(N)c2ncc(C)cn2)c1. The Balaban J connectivity index is 2.37. The third-order valence-corrected chi connectivity index (χ3v) is 2.81. The Morgan fingerprint density at radius 1 is 1.00 bits per heavy atom. The molecule has 0 aliphatic rings. The smallest absolute Gasteiger partial charge is 0.149 e. The van der Waals surface area contributed by atoms with Crippen molar-refractivity contribution in [3.63, 3.8) is 0 Å². The van der Waals surface area contributed by atoms with Crippen LogP contribution < -0.4 is 15.2 Å². The van der Waals surface area contributed by atoms with Gasteiger partial charge in [0, 0.05) is 18.5 Å². The van der Waals surface area contributed by atoms with E-state index in [0.29, 0.717) is 17.3 Å². The summed E-state index contributed by atoms with van der Waals surface area (Å²) >= 11 is 0. The van der Waals surface area contributed by atoms with Gasteiger partial charge < -0.3 is 15.2 Å². The van der Waals surface area contributed by atoms with Crippen LogP contribution in [0.3, 0.4) is 0 Å². The van der Waals surface area contributed by atoms with Crippen LogP contribution in [0.1, 0.15) is 23.0 Å². The van der Waals surface area contributed by atoms with Crippen LogP contribution >= 0.6 is 0 Å². The van der Waals surface area contributed by atoms with E-state index in [9.17, 15) is 0 Å². The third-order valence-electron chi connectivity index (χ3n) is 2.81. The van der Waals surface area contributed by atoms with Gasteiger partial charge in [-0.25, -0.2) is 9.97 Å². The number of benzene rings is 1. The highest BCUT2D eigenvalue weighted by Crippen LogP contribution is 2.27. The molecule has 0 radical (unpaired) electrons. The molecule has 0 amide bonds. The van der Waals surface area contributed by atoms with Gasteiger partial charge in [0.1, 0.15) is 17.3 Å². The van der Waals surface area contributed by atoms with Crippen molar-refractivity contribution in [2.24, 2.45) is 5.73 Å². The van der Waals surface area contributed by atoms with Crippen molar-refractivity contribution in [1.82, 2.24) is 9.97 Å². The molecule has 5 nitrogen and oxygen atoms in total. The lowest BCUT2D eigenvalue weighted by Crippen LogP contribution is -2.15. The highest BCUT2D eigenvalue weighted by Gasteiger charge is 2.14. The summed E-state index contributed by atoms with van der Waals surface area (Å²) < 4.78 is 10.5. The average Bonchev–Trinajstić information content (AvgIpc) is 2.46. The summed E-state index contributed by atoms with van der Waals surface area (Å²) in [7, 11) is 3.21. The maximum absolute atomic E-state index is 6.18. The zero-order valence-corrected chi connectivity index (χ0v) is 11.3. The van der Waals surface area contributed by atoms with E-state index in [2.05, 4.69) is 9.97 Å². The number of hydrogen-bond acceptors (Lipinski definition) is 5. The highest BCUT2D eigenvalue weighted by atomic mass is 16.5. The predicted octanol–water partition coefficient (Wildman–Crippen LogP) is 1.85. The van der Waals surface area contributed by atoms with Gasteiger partial charge >= 0.3 is 0 Å². The quantitative estimate of drug-likeness (QED) is 0.907. The molecule has 1 heterocycles. The second kappa shape index (κ2) is 5.67. The van der Waals surface area contributed by atoms with Gasteiger partial charge in [0.05, 0.1) is 20.3 Å². The molecule has 0 saturated heterocycles. The van der Waals surface area contributed by atoms with Crippen molar-refractivity contribution in [2.75, 3.05) is 14.2 Å². The minimum Gasteiger partial charge on any atom is -0.497 e. The van der Waals surface area contributed by atoms with E-state index in [0.717, 1.165) is 11.1 Å². The summed E-state index contributed by atoms with van der Waals surface area (Å²) in [6.45, 7) is 1.93. The molecule has 2 aromatic rings. The van der Waals surface area contributed by atoms with Crippen molar-refractivity contribution in [3.05, 3.63) is 47.5 Å². The summed E-state index contributed by atoms with van der Waals surface area (Å²) in [4.78, 5) is 8.50. The fourth-order valence-corrected chi connectivity index (χ4v) is 1.72. The lowest BCUT2D eigenvalue weighted by molar-refractivity contribution is 0.393. The predicted molar refractivity (Wildman–Crippen MR) is 72.3 cm³/mol. The monoisotopic (exact) mass is 259 g/mol. The van der Waals surface area contributed by atoms with Gasteiger partial charge in [-0.1, -0.05) is 0 Å². The summed E-state index contributed by atoms with van der Waals surface area (Å²) in [6, 6.07) is 5.10. The summed E-state index contributed by atoms with van der Waals surface area (Å²) in [5.74, 6) is 1.95. The average molecular weight is 259 g/mol. The number of nitrogens with two attached hydrogens (primary N) is 1. The fraction of sp³-hybridized carbons (Fsp3) is 0.286. The first kappa shape index (κ1) is 13.3. The van der Waals surface area contributed by atoms with Crippen molar-refractivity contribution in [1.29, 1.82) is 0 Å². The number of ether oxygens (including phenoxy) is 2. The molecule has 1 aromatic carbocycles. The van der Waals surface area contributed by atoms with Crippen molar-refractivity contribution < 1.29 is 9.47 Å². The van der Waals surface area contributed by atoms with Crippen LogP contribution in [0.15, 0.2) is 30.6 Å². The Hall–Kier alpha value is -2.14. The second-order valence-electron chi connectivity index (χ2n) is 4.24. The Morgan fingerprint density at radius 2 is 1.53 bits per heavy atom. The van der Waals surface area contributed by atoms with E-state index in [1.165, 1.54) is 0 Å². The maximum atomic E-state index is 6.18. The van der Waals surface area contributed by atoms with E-state index < -0.39 is 6.04 Å². The van der Waals surface area contributed by atoms with Crippen LogP contribution in [-0.2, 0) is 0 Å². The molecule has 2 rings (SSSR count). The first-order valence-corrected chi connectivity index (χ1v) is 5.91. The van der Waals surface area contributed by atoms with Gasteiger partial charge in [0.15, 0.2) is 0 Å². The van der Waals surface area contributed by atoms with Crippen LogP contribution in [0, 0.1) is 6.92 Å². The van der Waals surface area contributed by atoms with E-state index in [1.807, 2.05) is 19.1 Å². The van der Waals surface area contributed by atoms with E-state index >= 15 is 0 Å². The van der Waals surface area contributed by atoms with Gasteiger partial charge in [-0.15, -0.1) is 0 Å². The van der Waals surface area contributed by atoms with Crippen molar-refractivity contribution in [2.45, 2.75) is 13.0 Å². The van der Waals surface area contributed by atoms with E-state index in [4.69, 9.17) is 15.2 Å². The third kappa shape index (κ3) is 3.00. The molecule has 1 unspecified atom stereocenters. The largest absolute Gasteiger partial charge is 0.497 e. The van der Waals surface area contributed by atoms with Gasteiger partial charge in [-0.3, -0.25) is 0 Å². The minimum atomic E-state index is -0.412. The molecular formula is C14H17N3O2. The van der Waals surface area contributed by atoms with Gasteiger partial charge in [0.25, 0.3) is 0 Å². The van der Waals surface area contributed by atoms with Crippen LogP contribution in [0.4, 0.5) is 0 Å². The summed E-state index contributed by atoms with van der Waals surface area (Å²) in [6.07, 6.45) is 3.50. The molecular weight excluding hydrogens is 242 g/mol. The molecule has 100 valence electrons. The zero-order valence-electron chi connectivity index (χ0n) is 11.3. The van der Waals surface area contributed by atoms with Crippen molar-refractivity contribution >= 4 is 0 Å². The molecule has 0 spiro atoms.